The van der Waals surface area contributed by atoms with E-state index in [0.29, 0.717) is 18.7 Å². The standard InChI is InChI=1S/C7H8N4O2/c1-9-7(12)6-10-5(13-11-6)3-2-4-8/h2-3H2,1H3,(H,9,12). The van der Waals surface area contributed by atoms with E-state index < -0.39 is 5.91 Å². The molecule has 0 aromatic carbocycles. The average Bonchev–Trinajstić information content (AvgIpc) is 2.62. The van der Waals surface area contributed by atoms with Crippen molar-refractivity contribution < 1.29 is 9.32 Å². The summed E-state index contributed by atoms with van der Waals surface area (Å²) in [5.74, 6) is -0.0949. The van der Waals surface area contributed by atoms with Gasteiger partial charge in [-0.2, -0.15) is 10.2 Å². The largest absolute Gasteiger partial charge is 0.352 e. The van der Waals surface area contributed by atoms with Crippen LogP contribution in [-0.4, -0.2) is 23.1 Å². The summed E-state index contributed by atoms with van der Waals surface area (Å²) >= 11 is 0. The maximum Gasteiger partial charge on any atom is 0.292 e. The molecule has 1 aromatic heterocycles. The van der Waals surface area contributed by atoms with Crippen LogP contribution in [0, 0.1) is 11.3 Å². The monoisotopic (exact) mass is 180 g/mol. The number of carbonyl (C=O) groups excluding carboxylic acids is 1. The summed E-state index contributed by atoms with van der Waals surface area (Å²) in [6, 6.07) is 1.94. The molecule has 1 N–H and O–H groups in total. The molecule has 0 aliphatic carbocycles. The molecule has 1 rings (SSSR count). The molecule has 0 fully saturated rings. The Hall–Kier alpha value is -1.90. The van der Waals surface area contributed by atoms with Gasteiger partial charge in [-0.3, -0.25) is 4.79 Å². The van der Waals surface area contributed by atoms with Crippen LogP contribution in [0.15, 0.2) is 4.52 Å². The van der Waals surface area contributed by atoms with E-state index in [1.165, 1.54) is 7.05 Å². The molecule has 1 aromatic rings. The predicted molar refractivity (Wildman–Crippen MR) is 41.6 cm³/mol. The van der Waals surface area contributed by atoms with E-state index in [9.17, 15) is 4.79 Å². The first-order chi connectivity index (χ1) is 6.27. The van der Waals surface area contributed by atoms with Crippen LogP contribution in [0.2, 0.25) is 0 Å². The van der Waals surface area contributed by atoms with Crippen LogP contribution in [-0.2, 0) is 6.42 Å². The van der Waals surface area contributed by atoms with Gasteiger partial charge in [0, 0.05) is 19.9 Å². The number of nitrogens with zero attached hydrogens (tertiary/aromatic N) is 3. The van der Waals surface area contributed by atoms with Gasteiger partial charge in [0.05, 0.1) is 6.07 Å². The summed E-state index contributed by atoms with van der Waals surface area (Å²) in [6.45, 7) is 0. The third-order valence-electron chi connectivity index (χ3n) is 1.35. The second kappa shape index (κ2) is 4.21. The Morgan fingerprint density at radius 3 is 3.15 bits per heavy atom. The number of aryl methyl sites for hydroxylation is 1. The highest BCUT2D eigenvalue weighted by Crippen LogP contribution is 1.99. The van der Waals surface area contributed by atoms with Crippen LogP contribution in [0.25, 0.3) is 0 Å². The molecule has 13 heavy (non-hydrogen) atoms. The van der Waals surface area contributed by atoms with Crippen molar-refractivity contribution in [2.45, 2.75) is 12.8 Å². The zero-order valence-corrected chi connectivity index (χ0v) is 7.07. The Bertz CT molecular complexity index is 339. The maximum absolute atomic E-state index is 10.9. The summed E-state index contributed by atoms with van der Waals surface area (Å²) in [5.41, 5.74) is 0. The van der Waals surface area contributed by atoms with E-state index in [2.05, 4.69) is 15.5 Å². The maximum atomic E-state index is 10.9. The summed E-state index contributed by atoms with van der Waals surface area (Å²) in [5, 5.41) is 14.1. The quantitative estimate of drug-likeness (QED) is 0.700. The second-order valence-corrected chi connectivity index (χ2v) is 2.25. The van der Waals surface area contributed by atoms with Crippen LogP contribution in [0.4, 0.5) is 0 Å². The van der Waals surface area contributed by atoms with E-state index in [4.69, 9.17) is 9.78 Å². The number of carbonyl (C=O) groups is 1. The number of amides is 1. The molecule has 0 aliphatic rings. The van der Waals surface area contributed by atoms with Crippen molar-refractivity contribution in [3.05, 3.63) is 11.7 Å². The lowest BCUT2D eigenvalue weighted by atomic mass is 10.3. The first-order valence-electron chi connectivity index (χ1n) is 3.69. The molecule has 0 unspecified atom stereocenters. The Morgan fingerprint density at radius 2 is 2.54 bits per heavy atom. The summed E-state index contributed by atoms with van der Waals surface area (Å²) in [6.07, 6.45) is 0.676. The molecule has 0 atom stereocenters. The average molecular weight is 180 g/mol. The fourth-order valence-electron chi connectivity index (χ4n) is 0.723. The van der Waals surface area contributed by atoms with Crippen molar-refractivity contribution in [1.29, 1.82) is 5.26 Å². The molecular weight excluding hydrogens is 172 g/mol. The van der Waals surface area contributed by atoms with Crippen molar-refractivity contribution in [3.8, 4) is 6.07 Å². The zero-order chi connectivity index (χ0) is 9.68. The lowest BCUT2D eigenvalue weighted by molar-refractivity contribution is 0.0950. The molecule has 1 amide bonds. The fraction of sp³-hybridized carbons (Fsp3) is 0.429. The van der Waals surface area contributed by atoms with Gasteiger partial charge >= 0.3 is 0 Å². The second-order valence-electron chi connectivity index (χ2n) is 2.25. The van der Waals surface area contributed by atoms with Crippen LogP contribution in [0.5, 0.6) is 0 Å². The highest BCUT2D eigenvalue weighted by Gasteiger charge is 2.11. The zero-order valence-electron chi connectivity index (χ0n) is 7.07. The Kier molecular flexibility index (Phi) is 2.97. The lowest BCUT2D eigenvalue weighted by Crippen LogP contribution is -2.19. The molecular formula is C7H8N4O2. The van der Waals surface area contributed by atoms with E-state index >= 15 is 0 Å². The van der Waals surface area contributed by atoms with Crippen molar-refractivity contribution in [3.63, 3.8) is 0 Å². The number of hydrogen-bond donors (Lipinski definition) is 1. The summed E-state index contributed by atoms with van der Waals surface area (Å²) in [7, 11) is 1.48. The van der Waals surface area contributed by atoms with Gasteiger partial charge in [0.25, 0.3) is 11.7 Å². The van der Waals surface area contributed by atoms with Crippen molar-refractivity contribution in [2.24, 2.45) is 0 Å². The highest BCUT2D eigenvalue weighted by atomic mass is 16.5. The molecule has 6 nitrogen and oxygen atoms in total. The van der Waals surface area contributed by atoms with Crippen LogP contribution < -0.4 is 5.32 Å². The fourth-order valence-corrected chi connectivity index (χ4v) is 0.723. The first kappa shape index (κ1) is 9.19. The number of rotatable bonds is 3. The Balaban J connectivity index is 2.64. The van der Waals surface area contributed by atoms with Gasteiger partial charge < -0.3 is 9.84 Å². The van der Waals surface area contributed by atoms with E-state index in [1.54, 1.807) is 0 Å². The van der Waals surface area contributed by atoms with Crippen LogP contribution in [0.3, 0.4) is 0 Å². The number of nitrogens with one attached hydrogen (secondary N) is 1. The first-order valence-corrected chi connectivity index (χ1v) is 3.69. The summed E-state index contributed by atoms with van der Waals surface area (Å²) < 4.78 is 4.72. The lowest BCUT2D eigenvalue weighted by Gasteiger charge is -1.87. The molecule has 6 heteroatoms. The van der Waals surface area contributed by atoms with Crippen LogP contribution >= 0.6 is 0 Å². The Morgan fingerprint density at radius 1 is 1.77 bits per heavy atom. The number of aromatic nitrogens is 2. The van der Waals surface area contributed by atoms with Gasteiger partial charge in [-0.05, 0) is 0 Å². The molecule has 68 valence electrons. The minimum atomic E-state index is -0.396. The van der Waals surface area contributed by atoms with Gasteiger partial charge in [-0.25, -0.2) is 0 Å². The molecule has 0 aliphatic heterocycles. The van der Waals surface area contributed by atoms with Crippen molar-refractivity contribution in [2.75, 3.05) is 7.05 Å². The molecule has 0 spiro atoms. The minimum Gasteiger partial charge on any atom is -0.352 e. The predicted octanol–water partition coefficient (Wildman–Crippen LogP) is -0.115. The third kappa shape index (κ3) is 2.27. The third-order valence-corrected chi connectivity index (χ3v) is 1.35. The van der Waals surface area contributed by atoms with E-state index in [0.717, 1.165) is 0 Å². The van der Waals surface area contributed by atoms with E-state index in [1.807, 2.05) is 6.07 Å². The molecule has 0 bridgehead atoms. The molecule has 0 saturated heterocycles. The Labute approximate surface area is 74.5 Å². The summed E-state index contributed by atoms with van der Waals surface area (Å²) in [4.78, 5) is 14.7. The SMILES string of the molecule is CNC(=O)c1noc(CCC#N)n1. The van der Waals surface area contributed by atoms with Gasteiger partial charge in [0.15, 0.2) is 0 Å². The van der Waals surface area contributed by atoms with Gasteiger partial charge in [-0.1, -0.05) is 5.16 Å². The molecule has 0 radical (unpaired) electrons. The normalized spacial score (nSPS) is 9.23. The van der Waals surface area contributed by atoms with Gasteiger partial charge in [0.2, 0.25) is 5.89 Å². The number of nitriles is 1. The topological polar surface area (TPSA) is 91.8 Å². The van der Waals surface area contributed by atoms with Crippen molar-refractivity contribution in [1.82, 2.24) is 15.5 Å². The van der Waals surface area contributed by atoms with Crippen molar-refractivity contribution >= 4 is 5.91 Å². The minimum absolute atomic E-state index is 0.00422. The van der Waals surface area contributed by atoms with E-state index in [-0.39, 0.29) is 5.82 Å². The number of hydrogen-bond acceptors (Lipinski definition) is 5. The van der Waals surface area contributed by atoms with Gasteiger partial charge in [-0.15, -0.1) is 0 Å². The highest BCUT2D eigenvalue weighted by molar-refractivity contribution is 5.89. The molecule has 0 saturated carbocycles. The smallest absolute Gasteiger partial charge is 0.292 e. The van der Waals surface area contributed by atoms with Gasteiger partial charge in [0.1, 0.15) is 0 Å². The van der Waals surface area contributed by atoms with Crippen LogP contribution in [0.1, 0.15) is 22.9 Å². The molecule has 1 heterocycles.